The van der Waals surface area contributed by atoms with Crippen LogP contribution in [0.4, 0.5) is 5.69 Å². The Bertz CT molecular complexity index is 1800. The van der Waals surface area contributed by atoms with E-state index in [0.717, 1.165) is 38.4 Å². The molecule has 0 bridgehead atoms. The zero-order valence-corrected chi connectivity index (χ0v) is 33.2. The van der Waals surface area contributed by atoms with Crippen molar-refractivity contribution < 1.29 is 44.8 Å². The number of non-ortho nitro benzene ring substituents is 1. The molecule has 0 atom stereocenters. The number of amides is 1. The number of rotatable bonds is 7. The number of fused-ring (bicyclic) bond motifs is 2. The molecule has 0 radical (unpaired) electrons. The lowest BCUT2D eigenvalue weighted by Crippen LogP contribution is -2.23. The fourth-order valence-corrected chi connectivity index (χ4v) is 3.51. The van der Waals surface area contributed by atoms with Gasteiger partial charge in [-0.15, -0.1) is 10.2 Å². The van der Waals surface area contributed by atoms with Crippen LogP contribution in [0.1, 0.15) is 63.9 Å². The second-order valence-electron chi connectivity index (χ2n) is 9.81. The first-order chi connectivity index (χ1) is 25.9. The van der Waals surface area contributed by atoms with Crippen LogP contribution in [-0.4, -0.2) is 118 Å². The van der Waals surface area contributed by atoms with Crippen LogP contribution >= 0.6 is 24.4 Å². The van der Waals surface area contributed by atoms with Gasteiger partial charge < -0.3 is 40.4 Å². The first kappa shape index (κ1) is 54.1. The van der Waals surface area contributed by atoms with Gasteiger partial charge in [-0.05, 0) is 79.2 Å². The van der Waals surface area contributed by atoms with E-state index in [1.807, 2.05) is 38.1 Å². The van der Waals surface area contributed by atoms with Crippen LogP contribution in [0.2, 0.25) is 0 Å². The number of aromatic nitrogens is 6. The number of benzene rings is 3. The van der Waals surface area contributed by atoms with Crippen LogP contribution in [-0.2, 0) is 11.3 Å². The standard InChI is InChI=1S/C10H12N4O2.C8H6N4O2S.C8H10O2.C3H6OS.C3H8O.2CH4O.CH4/c1-2-5-11-10(15)7-3-4-8-9(6-7)14(16)13-12-8;1-5(15)11-8-4-6(12(13)14)2-3-7(8)9-10-11;1-10-8-4-2-7(6-9)3-5-8;1-3(5)4-2;1-2-3-4;2*1-2;/h3-4,6,16H,2,5H2,1H3,(H,11,15);2-4H,1H3;2-5,9H,6H2,1H3;1-2H3;4H,2-3H2,1H3;2*2H,1H3;1H4. The highest BCUT2D eigenvalue weighted by atomic mass is 32.1. The van der Waals surface area contributed by atoms with E-state index in [9.17, 15) is 20.1 Å². The summed E-state index contributed by atoms with van der Waals surface area (Å²) in [5.41, 5.74) is 3.50. The molecule has 0 aliphatic heterocycles. The number of thiocarbonyl (C=S) groups is 2. The summed E-state index contributed by atoms with van der Waals surface area (Å²) < 4.78 is 10.8. The molecule has 0 aliphatic carbocycles. The number of methoxy groups -OCH3 is 2. The zero-order valence-electron chi connectivity index (χ0n) is 31.5. The highest BCUT2D eigenvalue weighted by Gasteiger charge is 2.12. The number of hydrogen-bond acceptors (Lipinski definition) is 16. The SMILES string of the molecule is C.CC(=S)n1nnc2ccc([N+](=O)[O-])cc21.CCCNC(=O)c1ccc2nnn(O)c2c1.CCCO.CO.CO.COC(C)=S.COc1ccc(CO)cc1. The molecular weight excluding hydrogens is 757 g/mol. The molecule has 5 rings (SSSR count). The van der Waals surface area contributed by atoms with Gasteiger partial charge in [-0.2, -0.15) is 0 Å². The van der Waals surface area contributed by atoms with Crippen molar-refractivity contribution in [3.05, 3.63) is 81.9 Å². The molecule has 55 heavy (non-hydrogen) atoms. The van der Waals surface area contributed by atoms with Gasteiger partial charge >= 0.3 is 0 Å². The minimum absolute atomic E-state index is 0. The van der Waals surface area contributed by atoms with Crippen LogP contribution < -0.4 is 10.1 Å². The van der Waals surface area contributed by atoms with E-state index in [2.05, 4.69) is 42.9 Å². The molecule has 306 valence electrons. The maximum absolute atomic E-state index is 11.6. The fourth-order valence-electron chi connectivity index (χ4n) is 3.37. The maximum atomic E-state index is 11.6. The summed E-state index contributed by atoms with van der Waals surface area (Å²) in [5.74, 6) is 0.655. The molecule has 2 aromatic heterocycles. The van der Waals surface area contributed by atoms with E-state index in [0.29, 0.717) is 55.7 Å². The number of carbonyl (C=O) groups is 1. The molecule has 1 amide bonds. The molecule has 2 heterocycles. The van der Waals surface area contributed by atoms with Gasteiger partial charge in [-0.25, -0.2) is 4.68 Å². The van der Waals surface area contributed by atoms with E-state index >= 15 is 0 Å². The second-order valence-corrected chi connectivity index (χ2v) is 11.0. The molecule has 0 fully saturated rings. The zero-order chi connectivity index (χ0) is 41.6. The number of aliphatic hydroxyl groups excluding tert-OH is 4. The van der Waals surface area contributed by atoms with E-state index in [4.69, 9.17) is 37.4 Å². The van der Waals surface area contributed by atoms with Gasteiger partial charge in [0.25, 0.3) is 11.6 Å². The lowest BCUT2D eigenvalue weighted by atomic mass is 10.2. The summed E-state index contributed by atoms with van der Waals surface area (Å²) in [4.78, 5) is 22.9. The largest absolute Gasteiger partial charge is 0.497 e. The molecule has 0 unspecified atom stereocenters. The monoisotopic (exact) mass is 810 g/mol. The van der Waals surface area contributed by atoms with Gasteiger partial charge in [0.05, 0.1) is 25.7 Å². The highest BCUT2D eigenvalue weighted by Crippen LogP contribution is 2.19. The van der Waals surface area contributed by atoms with Crippen molar-refractivity contribution in [3.63, 3.8) is 0 Å². The Morgan fingerprint density at radius 1 is 0.873 bits per heavy atom. The number of aliphatic hydroxyl groups is 4. The van der Waals surface area contributed by atoms with Crippen LogP contribution in [0.15, 0.2) is 60.7 Å². The van der Waals surface area contributed by atoms with Gasteiger partial charge in [0.1, 0.15) is 32.8 Å². The maximum Gasteiger partial charge on any atom is 0.271 e. The van der Waals surface area contributed by atoms with Crippen molar-refractivity contribution in [2.75, 3.05) is 41.6 Å². The number of hydrogen-bond donors (Lipinski definition) is 6. The highest BCUT2D eigenvalue weighted by molar-refractivity contribution is 7.80. The third-order valence-corrected chi connectivity index (χ3v) is 6.36. The molecule has 18 nitrogen and oxygen atoms in total. The molecule has 6 N–H and O–H groups in total. The van der Waals surface area contributed by atoms with Crippen molar-refractivity contribution in [2.24, 2.45) is 0 Å². The smallest absolute Gasteiger partial charge is 0.271 e. The van der Waals surface area contributed by atoms with E-state index in [-0.39, 0.29) is 25.6 Å². The van der Waals surface area contributed by atoms with Crippen molar-refractivity contribution in [3.8, 4) is 5.75 Å². The minimum Gasteiger partial charge on any atom is -0.497 e. The molecule has 0 saturated carbocycles. The molecule has 3 aromatic carbocycles. The predicted molar refractivity (Wildman–Crippen MR) is 220 cm³/mol. The minimum atomic E-state index is -0.463. The summed E-state index contributed by atoms with van der Waals surface area (Å²) in [7, 11) is 5.18. The Morgan fingerprint density at radius 2 is 1.40 bits per heavy atom. The van der Waals surface area contributed by atoms with Crippen LogP contribution in [0, 0.1) is 10.1 Å². The number of nitrogens with one attached hydrogen (secondary N) is 1. The summed E-state index contributed by atoms with van der Waals surface area (Å²) >= 11 is 9.42. The summed E-state index contributed by atoms with van der Waals surface area (Å²) in [6, 6.07) is 16.5. The Kier molecular flexibility index (Phi) is 31.7. The Labute approximate surface area is 331 Å². The molecule has 5 aromatic rings. The van der Waals surface area contributed by atoms with E-state index in [1.165, 1.54) is 16.8 Å². The van der Waals surface area contributed by atoms with Crippen LogP contribution in [0.5, 0.6) is 5.75 Å². The van der Waals surface area contributed by atoms with Crippen molar-refractivity contribution in [1.29, 1.82) is 0 Å². The third-order valence-electron chi connectivity index (χ3n) is 6.02. The first-order valence-corrected chi connectivity index (χ1v) is 16.8. The Hall–Kier alpha value is -5.25. The van der Waals surface area contributed by atoms with Gasteiger partial charge in [0.2, 0.25) is 0 Å². The Balaban J connectivity index is -0.000000642. The molecule has 0 aliphatic rings. The number of ether oxygens (including phenoxy) is 2. The lowest BCUT2D eigenvalue weighted by molar-refractivity contribution is -0.384. The number of nitro benzene ring substituents is 1. The Morgan fingerprint density at radius 3 is 1.85 bits per heavy atom. The van der Waals surface area contributed by atoms with Gasteiger partial charge in [0, 0.05) is 52.0 Å². The van der Waals surface area contributed by atoms with E-state index in [1.54, 1.807) is 52.3 Å². The van der Waals surface area contributed by atoms with Gasteiger partial charge in [-0.3, -0.25) is 14.9 Å². The summed E-state index contributed by atoms with van der Waals surface area (Å²) in [6.07, 6.45) is 1.76. The number of nitrogens with zero attached hydrogens (tertiary/aromatic N) is 7. The third kappa shape index (κ3) is 20.7. The van der Waals surface area contributed by atoms with Gasteiger partial charge in [0.15, 0.2) is 5.05 Å². The quantitative estimate of drug-likeness (QED) is 0.0561. The normalized spacial score (nSPS) is 9.02. The first-order valence-electron chi connectivity index (χ1n) is 16.0. The molecule has 0 saturated heterocycles. The van der Waals surface area contributed by atoms with Crippen LogP contribution in [0.3, 0.4) is 0 Å². The van der Waals surface area contributed by atoms with Crippen molar-refractivity contribution in [2.45, 2.75) is 54.6 Å². The number of carbonyl (C=O) groups excluding carboxylic acids is 1. The summed E-state index contributed by atoms with van der Waals surface area (Å²) in [5, 5.41) is 68.6. The average Bonchev–Trinajstić information content (AvgIpc) is 3.82. The van der Waals surface area contributed by atoms with Crippen LogP contribution in [0.25, 0.3) is 22.1 Å². The lowest BCUT2D eigenvalue weighted by Gasteiger charge is -2.02. The topological polar surface area (TPSA) is 253 Å². The molecule has 20 heteroatoms. The second kappa shape index (κ2) is 32.2. The van der Waals surface area contributed by atoms with Gasteiger partial charge in [-0.1, -0.05) is 55.7 Å². The van der Waals surface area contributed by atoms with E-state index < -0.39 is 4.92 Å². The fraction of sp³-hybridized carbons (Fsp3) is 0.400. The average molecular weight is 811 g/mol. The number of nitro groups is 1. The predicted octanol–water partition coefficient (Wildman–Crippen LogP) is 4.75. The van der Waals surface area contributed by atoms with Crippen molar-refractivity contribution in [1.82, 2.24) is 35.5 Å². The summed E-state index contributed by atoms with van der Waals surface area (Å²) in [6.45, 7) is 8.37. The molecule has 0 spiro atoms. The van der Waals surface area contributed by atoms with Crippen molar-refractivity contribution >= 4 is 68.1 Å². The molecular formula is C35H54N8O10S2.